The van der Waals surface area contributed by atoms with Crippen molar-refractivity contribution in [1.82, 2.24) is 0 Å². The number of carbonyl (C=O) groups is 1. The maximum absolute atomic E-state index is 11.8. The Balaban J connectivity index is 2.09. The third-order valence-electron chi connectivity index (χ3n) is 3.78. The van der Waals surface area contributed by atoms with Crippen molar-refractivity contribution in [2.24, 2.45) is 0 Å². The van der Waals surface area contributed by atoms with Crippen molar-refractivity contribution in [3.63, 3.8) is 0 Å². The van der Waals surface area contributed by atoms with Gasteiger partial charge in [-0.05, 0) is 37.3 Å². The second-order valence-corrected chi connectivity index (χ2v) is 7.54. The highest BCUT2D eigenvalue weighted by Crippen LogP contribution is 2.24. The number of carboxylic acid groups (broad SMARTS) is 1. The van der Waals surface area contributed by atoms with Crippen molar-refractivity contribution in [2.45, 2.75) is 37.4 Å². The normalized spacial score (nSPS) is 23.1. The Morgan fingerprint density at radius 2 is 2.00 bits per heavy atom. The molecule has 4 nitrogen and oxygen atoms in total. The highest BCUT2D eigenvalue weighted by atomic mass is 32.2. The van der Waals surface area contributed by atoms with Crippen molar-refractivity contribution in [1.29, 1.82) is 0 Å². The van der Waals surface area contributed by atoms with Crippen LogP contribution in [0.1, 0.15) is 36.8 Å². The van der Waals surface area contributed by atoms with Gasteiger partial charge in [0.25, 0.3) is 0 Å². The second kappa shape index (κ2) is 5.33. The number of aliphatic carboxylic acids is 1. The molecule has 104 valence electrons. The summed E-state index contributed by atoms with van der Waals surface area (Å²) in [7, 11) is -2.92. The van der Waals surface area contributed by atoms with Gasteiger partial charge in [0.15, 0.2) is 9.84 Å². The molecule has 2 rings (SSSR count). The zero-order valence-electron chi connectivity index (χ0n) is 10.9. The Labute approximate surface area is 113 Å². The number of rotatable bonds is 4. The molecule has 2 unspecified atom stereocenters. The molecule has 0 bridgehead atoms. The van der Waals surface area contributed by atoms with E-state index in [1.807, 2.05) is 12.1 Å². The standard InChI is InChI=1S/C14H18O4S/c1-10(14(15)16)12-6-4-11(5-7-12)9-13-3-2-8-19(13,17)18/h4-7,10,13H,2-3,8-9H2,1H3,(H,15,16). The quantitative estimate of drug-likeness (QED) is 0.916. The fourth-order valence-electron chi connectivity index (χ4n) is 2.44. The van der Waals surface area contributed by atoms with Gasteiger partial charge in [0.2, 0.25) is 0 Å². The highest BCUT2D eigenvalue weighted by Gasteiger charge is 2.31. The first kappa shape index (κ1) is 14.1. The molecule has 0 radical (unpaired) electrons. The molecule has 5 heteroatoms. The predicted molar refractivity (Wildman–Crippen MR) is 73.0 cm³/mol. The molecule has 1 aromatic rings. The molecule has 0 saturated carbocycles. The molecule has 1 aliphatic heterocycles. The molecular weight excluding hydrogens is 264 g/mol. The highest BCUT2D eigenvalue weighted by molar-refractivity contribution is 7.92. The fraction of sp³-hybridized carbons (Fsp3) is 0.500. The van der Waals surface area contributed by atoms with Gasteiger partial charge in [-0.2, -0.15) is 0 Å². The van der Waals surface area contributed by atoms with Gasteiger partial charge in [-0.1, -0.05) is 24.3 Å². The number of sulfone groups is 1. The van der Waals surface area contributed by atoms with Crippen LogP contribution in [0, 0.1) is 0 Å². The molecule has 0 amide bonds. The molecule has 1 heterocycles. The fourth-order valence-corrected chi connectivity index (χ4v) is 4.31. The van der Waals surface area contributed by atoms with E-state index in [-0.39, 0.29) is 5.25 Å². The summed E-state index contributed by atoms with van der Waals surface area (Å²) in [6.45, 7) is 1.64. The molecule has 0 aromatic heterocycles. The van der Waals surface area contributed by atoms with E-state index in [9.17, 15) is 13.2 Å². The summed E-state index contributed by atoms with van der Waals surface area (Å²) in [4.78, 5) is 10.9. The molecule has 0 aliphatic carbocycles. The molecule has 1 aromatic carbocycles. The zero-order valence-corrected chi connectivity index (χ0v) is 11.7. The van der Waals surface area contributed by atoms with Crippen molar-refractivity contribution >= 4 is 15.8 Å². The average molecular weight is 282 g/mol. The number of hydrogen-bond acceptors (Lipinski definition) is 3. The van der Waals surface area contributed by atoms with Gasteiger partial charge in [-0.15, -0.1) is 0 Å². The first-order chi connectivity index (χ1) is 8.90. The minimum atomic E-state index is -2.92. The average Bonchev–Trinajstić information content (AvgIpc) is 2.69. The predicted octanol–water partition coefficient (Wildman–Crippen LogP) is 1.99. The molecule has 1 saturated heterocycles. The monoisotopic (exact) mass is 282 g/mol. The second-order valence-electron chi connectivity index (χ2n) is 5.14. The maximum Gasteiger partial charge on any atom is 0.310 e. The van der Waals surface area contributed by atoms with Gasteiger partial charge in [-0.3, -0.25) is 4.79 Å². The van der Waals surface area contributed by atoms with Crippen LogP contribution in [0.4, 0.5) is 0 Å². The summed E-state index contributed by atoms with van der Waals surface area (Å²) in [5.41, 5.74) is 1.70. The molecule has 1 fully saturated rings. The SMILES string of the molecule is CC(C(=O)O)c1ccc(CC2CCCS2(=O)=O)cc1. The number of hydrogen-bond donors (Lipinski definition) is 1. The lowest BCUT2D eigenvalue weighted by Gasteiger charge is -2.11. The summed E-state index contributed by atoms with van der Waals surface area (Å²) in [5, 5.41) is 8.66. The lowest BCUT2D eigenvalue weighted by Crippen LogP contribution is -2.18. The third kappa shape index (κ3) is 3.15. The van der Waals surface area contributed by atoms with E-state index in [4.69, 9.17) is 5.11 Å². The molecule has 19 heavy (non-hydrogen) atoms. The van der Waals surface area contributed by atoms with Crippen molar-refractivity contribution in [3.8, 4) is 0 Å². The maximum atomic E-state index is 11.8. The van der Waals surface area contributed by atoms with Gasteiger partial charge >= 0.3 is 5.97 Å². The Morgan fingerprint density at radius 3 is 2.47 bits per heavy atom. The van der Waals surface area contributed by atoms with Crippen LogP contribution in [0.5, 0.6) is 0 Å². The van der Waals surface area contributed by atoms with Crippen LogP contribution >= 0.6 is 0 Å². The van der Waals surface area contributed by atoms with Crippen LogP contribution in [0.15, 0.2) is 24.3 Å². The van der Waals surface area contributed by atoms with Crippen LogP contribution in [0.2, 0.25) is 0 Å². The van der Waals surface area contributed by atoms with Crippen molar-refractivity contribution < 1.29 is 18.3 Å². The van der Waals surface area contributed by atoms with E-state index in [1.165, 1.54) is 0 Å². The van der Waals surface area contributed by atoms with E-state index in [0.29, 0.717) is 12.2 Å². The van der Waals surface area contributed by atoms with E-state index < -0.39 is 21.7 Å². The molecular formula is C14H18O4S. The van der Waals surface area contributed by atoms with Gasteiger partial charge in [0.1, 0.15) is 0 Å². The minimum Gasteiger partial charge on any atom is -0.481 e. The smallest absolute Gasteiger partial charge is 0.310 e. The molecule has 0 spiro atoms. The van der Waals surface area contributed by atoms with E-state index in [1.54, 1.807) is 19.1 Å². The van der Waals surface area contributed by atoms with Crippen LogP contribution in [0.25, 0.3) is 0 Å². The Bertz CT molecular complexity index is 560. The Kier molecular flexibility index (Phi) is 3.94. The Morgan fingerprint density at radius 1 is 1.37 bits per heavy atom. The van der Waals surface area contributed by atoms with E-state index in [2.05, 4.69) is 0 Å². The van der Waals surface area contributed by atoms with Gasteiger partial charge in [0.05, 0.1) is 16.9 Å². The summed E-state index contributed by atoms with van der Waals surface area (Å²) in [6, 6.07) is 7.22. The van der Waals surface area contributed by atoms with E-state index in [0.717, 1.165) is 24.0 Å². The third-order valence-corrected chi connectivity index (χ3v) is 6.05. The lowest BCUT2D eigenvalue weighted by molar-refractivity contribution is -0.138. The summed E-state index contributed by atoms with van der Waals surface area (Å²) < 4.78 is 23.5. The van der Waals surface area contributed by atoms with Gasteiger partial charge in [0, 0.05) is 0 Å². The first-order valence-corrected chi connectivity index (χ1v) is 8.15. The zero-order chi connectivity index (χ0) is 14.0. The summed E-state index contributed by atoms with van der Waals surface area (Å²) >= 11 is 0. The van der Waals surface area contributed by atoms with Gasteiger partial charge < -0.3 is 5.11 Å². The Hall–Kier alpha value is -1.36. The lowest BCUT2D eigenvalue weighted by atomic mass is 9.98. The van der Waals surface area contributed by atoms with Crippen LogP contribution in [0.3, 0.4) is 0 Å². The van der Waals surface area contributed by atoms with Crippen LogP contribution < -0.4 is 0 Å². The molecule has 1 N–H and O–H groups in total. The van der Waals surface area contributed by atoms with Crippen LogP contribution in [-0.2, 0) is 21.1 Å². The first-order valence-electron chi connectivity index (χ1n) is 6.43. The van der Waals surface area contributed by atoms with Crippen molar-refractivity contribution in [2.75, 3.05) is 5.75 Å². The topological polar surface area (TPSA) is 71.4 Å². The number of carboxylic acids is 1. The minimum absolute atomic E-state index is 0.268. The largest absolute Gasteiger partial charge is 0.481 e. The number of benzene rings is 1. The van der Waals surface area contributed by atoms with Crippen LogP contribution in [-0.4, -0.2) is 30.5 Å². The van der Waals surface area contributed by atoms with Gasteiger partial charge in [-0.25, -0.2) is 8.42 Å². The summed E-state index contributed by atoms with van der Waals surface area (Å²) in [5.74, 6) is -1.10. The van der Waals surface area contributed by atoms with E-state index >= 15 is 0 Å². The van der Waals surface area contributed by atoms with Crippen molar-refractivity contribution in [3.05, 3.63) is 35.4 Å². The summed E-state index contributed by atoms with van der Waals surface area (Å²) in [6.07, 6.45) is 2.01. The molecule has 1 aliphatic rings. The molecule has 2 atom stereocenters.